The van der Waals surface area contributed by atoms with Crippen LogP contribution in [0.15, 0.2) is 30.5 Å². The van der Waals surface area contributed by atoms with Crippen molar-refractivity contribution in [3.63, 3.8) is 0 Å². The maximum Gasteiger partial charge on any atom is 0.417 e. The lowest BCUT2D eigenvalue weighted by atomic mass is 9.97. The highest BCUT2D eigenvalue weighted by molar-refractivity contribution is 6.33. The van der Waals surface area contributed by atoms with E-state index >= 15 is 0 Å². The van der Waals surface area contributed by atoms with Crippen LogP contribution in [0.1, 0.15) is 18.4 Å². The molecule has 0 amide bonds. The molecule has 1 fully saturated rings. The highest BCUT2D eigenvalue weighted by Crippen LogP contribution is 2.35. The summed E-state index contributed by atoms with van der Waals surface area (Å²) in [5.41, 5.74) is -1.51. The lowest BCUT2D eigenvalue weighted by Crippen LogP contribution is -2.38. The second kappa shape index (κ2) is 8.42. The molecule has 3 rings (SSSR count). The molecule has 1 aromatic heterocycles. The first-order chi connectivity index (χ1) is 14.1. The predicted molar refractivity (Wildman–Crippen MR) is 97.9 cm³/mol. The van der Waals surface area contributed by atoms with Crippen molar-refractivity contribution >= 4 is 29.1 Å². The zero-order valence-corrected chi connectivity index (χ0v) is 15.9. The quantitative estimate of drug-likeness (QED) is 0.223. The molecular formula is C18H14ClF4N3O4. The number of rotatable bonds is 4. The summed E-state index contributed by atoms with van der Waals surface area (Å²) in [4.78, 5) is 28.0. The number of nitro groups is 1. The van der Waals surface area contributed by atoms with Crippen LogP contribution in [0.3, 0.4) is 0 Å². The van der Waals surface area contributed by atoms with E-state index in [9.17, 15) is 32.5 Å². The van der Waals surface area contributed by atoms with Gasteiger partial charge in [0, 0.05) is 31.4 Å². The first-order valence-electron chi connectivity index (χ1n) is 8.69. The first kappa shape index (κ1) is 21.8. The Balaban J connectivity index is 1.66. The molecule has 0 bridgehead atoms. The van der Waals surface area contributed by atoms with E-state index in [2.05, 4.69) is 4.98 Å². The molecule has 2 aromatic rings. The van der Waals surface area contributed by atoms with Crippen LogP contribution in [0, 0.1) is 21.8 Å². The van der Waals surface area contributed by atoms with Gasteiger partial charge >= 0.3 is 17.8 Å². The van der Waals surface area contributed by atoms with Crippen molar-refractivity contribution in [2.45, 2.75) is 19.0 Å². The van der Waals surface area contributed by atoms with Crippen molar-refractivity contribution in [3.05, 3.63) is 57.0 Å². The monoisotopic (exact) mass is 447 g/mol. The minimum absolute atomic E-state index is 0.164. The van der Waals surface area contributed by atoms with Gasteiger partial charge in [-0.25, -0.2) is 9.37 Å². The van der Waals surface area contributed by atoms with Gasteiger partial charge in [-0.2, -0.15) is 13.2 Å². The number of benzene rings is 1. The highest BCUT2D eigenvalue weighted by atomic mass is 35.5. The maximum atomic E-state index is 13.4. The SMILES string of the molecule is O=C(Oc1cc(F)ccc1[N+](=O)[O-])C1CCN(c2ncc(C(F)(F)F)cc2Cl)CC1. The minimum Gasteiger partial charge on any atom is -0.419 e. The van der Waals surface area contributed by atoms with E-state index in [4.69, 9.17) is 16.3 Å². The zero-order chi connectivity index (χ0) is 22.1. The van der Waals surface area contributed by atoms with E-state index in [1.54, 1.807) is 4.90 Å². The van der Waals surface area contributed by atoms with Crippen molar-refractivity contribution in [2.75, 3.05) is 18.0 Å². The molecule has 0 aliphatic carbocycles. The molecule has 0 N–H and O–H groups in total. The van der Waals surface area contributed by atoms with E-state index in [0.717, 1.165) is 24.3 Å². The van der Waals surface area contributed by atoms with Gasteiger partial charge in [0.05, 0.1) is 21.4 Å². The van der Waals surface area contributed by atoms with E-state index < -0.39 is 45.8 Å². The summed E-state index contributed by atoms with van der Waals surface area (Å²) in [6.07, 6.45) is -3.38. The average Bonchev–Trinajstić information content (AvgIpc) is 2.67. The molecular weight excluding hydrogens is 434 g/mol. The van der Waals surface area contributed by atoms with Crippen LogP contribution in [-0.4, -0.2) is 29.0 Å². The van der Waals surface area contributed by atoms with Crippen molar-refractivity contribution in [1.82, 2.24) is 4.98 Å². The van der Waals surface area contributed by atoms with Crippen LogP contribution in [0.4, 0.5) is 29.1 Å². The van der Waals surface area contributed by atoms with Crippen LogP contribution in [0.5, 0.6) is 5.75 Å². The highest BCUT2D eigenvalue weighted by Gasteiger charge is 2.33. The summed E-state index contributed by atoms with van der Waals surface area (Å²) >= 11 is 5.94. The number of esters is 1. The average molecular weight is 448 g/mol. The first-order valence-corrected chi connectivity index (χ1v) is 9.07. The molecule has 30 heavy (non-hydrogen) atoms. The Morgan fingerprint density at radius 3 is 2.50 bits per heavy atom. The van der Waals surface area contributed by atoms with Crippen molar-refractivity contribution in [2.24, 2.45) is 5.92 Å². The van der Waals surface area contributed by atoms with Gasteiger partial charge in [0.1, 0.15) is 11.6 Å². The maximum absolute atomic E-state index is 13.4. The van der Waals surface area contributed by atoms with Gasteiger partial charge in [0.2, 0.25) is 5.75 Å². The Morgan fingerprint density at radius 2 is 1.93 bits per heavy atom. The summed E-state index contributed by atoms with van der Waals surface area (Å²) in [5, 5.41) is 10.8. The molecule has 1 aliphatic rings. The number of ether oxygens (including phenoxy) is 1. The summed E-state index contributed by atoms with van der Waals surface area (Å²) in [6, 6.07) is 3.33. The third-order valence-electron chi connectivity index (χ3n) is 4.61. The molecule has 0 atom stereocenters. The normalized spacial score (nSPS) is 15.2. The molecule has 0 unspecified atom stereocenters. The summed E-state index contributed by atoms with van der Waals surface area (Å²) in [5.74, 6) is -2.49. The van der Waals surface area contributed by atoms with Crippen LogP contribution < -0.4 is 9.64 Å². The Morgan fingerprint density at radius 1 is 1.27 bits per heavy atom. The van der Waals surface area contributed by atoms with Crippen LogP contribution in [-0.2, 0) is 11.0 Å². The van der Waals surface area contributed by atoms with Crippen molar-refractivity contribution in [3.8, 4) is 5.75 Å². The van der Waals surface area contributed by atoms with Gasteiger partial charge < -0.3 is 9.64 Å². The molecule has 0 spiro atoms. The zero-order valence-electron chi connectivity index (χ0n) is 15.2. The van der Waals surface area contributed by atoms with Crippen LogP contribution >= 0.6 is 11.6 Å². The summed E-state index contributed by atoms with van der Waals surface area (Å²) in [7, 11) is 0. The number of carbonyl (C=O) groups is 1. The molecule has 7 nitrogen and oxygen atoms in total. The smallest absolute Gasteiger partial charge is 0.417 e. The van der Waals surface area contributed by atoms with Crippen molar-refractivity contribution in [1.29, 1.82) is 0 Å². The van der Waals surface area contributed by atoms with E-state index in [-0.39, 0.29) is 36.8 Å². The largest absolute Gasteiger partial charge is 0.419 e. The number of nitro benzene ring substituents is 1. The number of pyridine rings is 1. The van der Waals surface area contributed by atoms with E-state index in [1.807, 2.05) is 0 Å². The van der Waals surface area contributed by atoms with Gasteiger partial charge in [0.15, 0.2) is 0 Å². The molecule has 1 aliphatic heterocycles. The predicted octanol–water partition coefficient (Wildman–Crippen LogP) is 4.62. The van der Waals surface area contributed by atoms with Gasteiger partial charge in [-0.05, 0) is 25.0 Å². The Hall–Kier alpha value is -2.95. The Kier molecular flexibility index (Phi) is 6.11. The van der Waals surface area contributed by atoms with Crippen LogP contribution in [0.25, 0.3) is 0 Å². The fourth-order valence-electron chi connectivity index (χ4n) is 3.06. The fraction of sp³-hybridized carbons (Fsp3) is 0.333. The minimum atomic E-state index is -4.56. The number of anilines is 1. The molecule has 1 aromatic carbocycles. The molecule has 0 radical (unpaired) electrons. The molecule has 2 heterocycles. The van der Waals surface area contributed by atoms with Gasteiger partial charge in [-0.3, -0.25) is 14.9 Å². The Bertz CT molecular complexity index is 978. The number of aromatic nitrogens is 1. The summed E-state index contributed by atoms with van der Waals surface area (Å²) in [6.45, 7) is 0.506. The molecule has 12 heteroatoms. The summed E-state index contributed by atoms with van der Waals surface area (Å²) < 4.78 is 56.6. The van der Waals surface area contributed by atoms with Gasteiger partial charge in [-0.15, -0.1) is 0 Å². The van der Waals surface area contributed by atoms with Gasteiger partial charge in [0.25, 0.3) is 0 Å². The van der Waals surface area contributed by atoms with E-state index in [1.165, 1.54) is 0 Å². The lowest BCUT2D eigenvalue weighted by Gasteiger charge is -2.32. The third kappa shape index (κ3) is 4.78. The molecule has 1 saturated heterocycles. The van der Waals surface area contributed by atoms with Crippen LogP contribution in [0.2, 0.25) is 5.02 Å². The second-order valence-corrected chi connectivity index (χ2v) is 6.99. The number of halogens is 5. The number of alkyl halides is 3. The fourth-order valence-corrected chi connectivity index (χ4v) is 3.34. The molecule has 0 saturated carbocycles. The van der Waals surface area contributed by atoms with Crippen molar-refractivity contribution < 1.29 is 32.0 Å². The standard InChI is InChI=1S/C18H14ClF4N3O4/c19-13-7-11(18(21,22)23)9-24-16(13)25-5-3-10(4-6-25)17(27)30-15-8-12(20)1-2-14(15)26(28)29/h1-2,7-10H,3-6H2. The van der Waals surface area contributed by atoms with E-state index in [0.29, 0.717) is 6.20 Å². The number of hydrogen-bond acceptors (Lipinski definition) is 6. The molecule has 160 valence electrons. The second-order valence-electron chi connectivity index (χ2n) is 6.58. The van der Waals surface area contributed by atoms with Gasteiger partial charge in [-0.1, -0.05) is 11.6 Å². The lowest BCUT2D eigenvalue weighted by molar-refractivity contribution is -0.385. The number of piperidine rings is 1. The third-order valence-corrected chi connectivity index (χ3v) is 4.88. The number of carbonyl (C=O) groups excluding carboxylic acids is 1. The number of nitrogens with zero attached hydrogens (tertiary/aromatic N) is 3. The topological polar surface area (TPSA) is 85.6 Å². The Labute approximate surface area is 172 Å². The number of hydrogen-bond donors (Lipinski definition) is 0.